The first-order chi connectivity index (χ1) is 8.96. The molecule has 1 aromatic rings. The van der Waals surface area contributed by atoms with Gasteiger partial charge in [0.15, 0.2) is 5.03 Å². The van der Waals surface area contributed by atoms with E-state index in [0.29, 0.717) is 13.1 Å². The molecule has 1 aliphatic rings. The number of piperazine rings is 1. The van der Waals surface area contributed by atoms with Crippen LogP contribution in [-0.2, 0) is 21.4 Å². The number of aryl methyl sites for hydroxylation is 1. The first kappa shape index (κ1) is 14.0. The number of hydrogen-bond acceptors (Lipinski definition) is 5. The summed E-state index contributed by atoms with van der Waals surface area (Å²) in [5, 5.41) is 2.90. The zero-order valence-electron chi connectivity index (χ0n) is 10.6. The maximum absolute atomic E-state index is 12.4. The molecule has 1 aromatic heterocycles. The number of aromatic nitrogens is 2. The van der Waals surface area contributed by atoms with Crippen LogP contribution < -0.4 is 11.1 Å². The van der Waals surface area contributed by atoms with E-state index < -0.39 is 22.0 Å². The minimum Gasteiger partial charge on any atom is -0.368 e. The van der Waals surface area contributed by atoms with Crippen molar-refractivity contribution < 1.29 is 13.2 Å². The average molecular weight is 287 g/mol. The van der Waals surface area contributed by atoms with Crippen LogP contribution in [0.15, 0.2) is 17.6 Å². The minimum atomic E-state index is -3.78. The maximum atomic E-state index is 12.4. The third kappa shape index (κ3) is 2.62. The molecule has 1 unspecified atom stereocenters. The second-order valence-corrected chi connectivity index (χ2v) is 6.12. The summed E-state index contributed by atoms with van der Waals surface area (Å²) in [5.41, 5.74) is 5.25. The summed E-state index contributed by atoms with van der Waals surface area (Å²) in [7, 11) is -3.78. The number of carbonyl (C=O) groups is 1. The van der Waals surface area contributed by atoms with Gasteiger partial charge in [-0.25, -0.2) is 13.4 Å². The Morgan fingerprint density at radius 3 is 2.95 bits per heavy atom. The fraction of sp³-hybridized carbons (Fsp3) is 0.600. The van der Waals surface area contributed by atoms with Crippen LogP contribution in [0, 0.1) is 0 Å². The number of sulfonamides is 1. The van der Waals surface area contributed by atoms with E-state index in [1.807, 2.05) is 6.92 Å². The maximum Gasteiger partial charge on any atom is 0.262 e. The van der Waals surface area contributed by atoms with Crippen molar-refractivity contribution in [3.05, 3.63) is 12.5 Å². The number of nitrogens with one attached hydrogen (secondary N) is 1. The Bertz CT molecular complexity index is 567. The highest BCUT2D eigenvalue weighted by atomic mass is 32.2. The average Bonchev–Trinajstić information content (AvgIpc) is 2.88. The highest BCUT2D eigenvalue weighted by Gasteiger charge is 2.37. The summed E-state index contributed by atoms with van der Waals surface area (Å²) in [4.78, 5) is 15.2. The molecule has 8 nitrogen and oxygen atoms in total. The molecule has 2 heterocycles. The molecule has 0 aromatic carbocycles. The van der Waals surface area contributed by atoms with Crippen molar-refractivity contribution in [3.8, 4) is 0 Å². The van der Waals surface area contributed by atoms with E-state index in [2.05, 4.69) is 10.3 Å². The van der Waals surface area contributed by atoms with E-state index in [0.717, 1.165) is 4.31 Å². The highest BCUT2D eigenvalue weighted by Crippen LogP contribution is 2.17. The standard InChI is InChI=1S/C10H17N5O3S/c1-2-14-6-9(13-7-14)19(17,18)15-4-3-12-5-8(15)10(11)16/h6-8,12H,2-5H2,1H3,(H2,11,16). The predicted octanol–water partition coefficient (Wildman–Crippen LogP) is -1.65. The lowest BCUT2D eigenvalue weighted by atomic mass is 10.2. The van der Waals surface area contributed by atoms with E-state index in [1.165, 1.54) is 12.5 Å². The Kier molecular flexibility index (Phi) is 3.88. The van der Waals surface area contributed by atoms with Gasteiger partial charge in [0.05, 0.1) is 6.33 Å². The smallest absolute Gasteiger partial charge is 0.262 e. The van der Waals surface area contributed by atoms with Gasteiger partial charge in [-0.1, -0.05) is 0 Å². The largest absolute Gasteiger partial charge is 0.368 e. The van der Waals surface area contributed by atoms with Crippen LogP contribution in [0.1, 0.15) is 6.92 Å². The second kappa shape index (κ2) is 5.27. The van der Waals surface area contributed by atoms with E-state index in [4.69, 9.17) is 5.73 Å². The van der Waals surface area contributed by atoms with Gasteiger partial charge in [-0.3, -0.25) is 4.79 Å². The van der Waals surface area contributed by atoms with Gasteiger partial charge in [0.25, 0.3) is 10.0 Å². The van der Waals surface area contributed by atoms with E-state index in [9.17, 15) is 13.2 Å². The van der Waals surface area contributed by atoms with Crippen LogP contribution in [0.4, 0.5) is 0 Å². The minimum absolute atomic E-state index is 0.0532. The Hall–Kier alpha value is -1.45. The lowest BCUT2D eigenvalue weighted by Gasteiger charge is -2.32. The first-order valence-electron chi connectivity index (χ1n) is 6.00. The molecular weight excluding hydrogens is 270 g/mol. The van der Waals surface area contributed by atoms with E-state index in [-0.39, 0.29) is 18.1 Å². The summed E-state index contributed by atoms with van der Waals surface area (Å²) in [5.74, 6) is -0.661. The van der Waals surface area contributed by atoms with Gasteiger partial charge >= 0.3 is 0 Å². The molecule has 0 aliphatic carbocycles. The Labute approximate surface area is 111 Å². The zero-order valence-corrected chi connectivity index (χ0v) is 11.4. The molecule has 1 amide bonds. The number of nitrogens with zero attached hydrogens (tertiary/aromatic N) is 3. The van der Waals surface area contributed by atoms with Crippen molar-refractivity contribution >= 4 is 15.9 Å². The molecule has 106 valence electrons. The van der Waals surface area contributed by atoms with Crippen molar-refractivity contribution in [2.75, 3.05) is 19.6 Å². The van der Waals surface area contributed by atoms with Crippen molar-refractivity contribution in [2.45, 2.75) is 24.5 Å². The Morgan fingerprint density at radius 2 is 2.37 bits per heavy atom. The van der Waals surface area contributed by atoms with Gasteiger partial charge in [-0.05, 0) is 6.92 Å². The highest BCUT2D eigenvalue weighted by molar-refractivity contribution is 7.89. The quantitative estimate of drug-likeness (QED) is 0.689. The molecule has 0 spiro atoms. The third-order valence-corrected chi connectivity index (χ3v) is 4.86. The molecule has 1 fully saturated rings. The third-order valence-electron chi connectivity index (χ3n) is 3.07. The fourth-order valence-electron chi connectivity index (χ4n) is 1.98. The molecule has 19 heavy (non-hydrogen) atoms. The fourth-order valence-corrected chi connectivity index (χ4v) is 3.52. The van der Waals surface area contributed by atoms with Crippen LogP contribution >= 0.6 is 0 Å². The van der Waals surface area contributed by atoms with Crippen LogP contribution in [0.25, 0.3) is 0 Å². The Balaban J connectivity index is 2.34. The van der Waals surface area contributed by atoms with E-state index in [1.54, 1.807) is 4.57 Å². The monoisotopic (exact) mass is 287 g/mol. The lowest BCUT2D eigenvalue weighted by molar-refractivity contribution is -0.122. The molecule has 1 atom stereocenters. The van der Waals surface area contributed by atoms with Crippen molar-refractivity contribution in [1.82, 2.24) is 19.2 Å². The van der Waals surface area contributed by atoms with Crippen LogP contribution in [0.3, 0.4) is 0 Å². The van der Waals surface area contributed by atoms with Gasteiger partial charge in [0.2, 0.25) is 5.91 Å². The second-order valence-electron chi connectivity index (χ2n) is 4.28. The summed E-state index contributed by atoms with van der Waals surface area (Å²) < 4.78 is 27.7. The normalized spacial score (nSPS) is 21.4. The molecular formula is C10H17N5O3S. The number of nitrogens with two attached hydrogens (primary N) is 1. The number of imidazole rings is 1. The molecule has 2 rings (SSSR count). The number of carbonyl (C=O) groups excluding carboxylic acids is 1. The summed E-state index contributed by atoms with van der Waals surface area (Å²) in [6, 6.07) is -0.870. The van der Waals surface area contributed by atoms with Crippen molar-refractivity contribution in [1.29, 1.82) is 0 Å². The van der Waals surface area contributed by atoms with Gasteiger partial charge < -0.3 is 15.6 Å². The summed E-state index contributed by atoms with van der Waals surface area (Å²) in [6.07, 6.45) is 2.91. The number of rotatable bonds is 4. The first-order valence-corrected chi connectivity index (χ1v) is 7.44. The Morgan fingerprint density at radius 1 is 1.63 bits per heavy atom. The molecule has 0 radical (unpaired) electrons. The van der Waals surface area contributed by atoms with Gasteiger partial charge in [-0.2, -0.15) is 4.31 Å². The molecule has 1 aliphatic heterocycles. The molecule has 0 saturated carbocycles. The topological polar surface area (TPSA) is 110 Å². The van der Waals surface area contributed by atoms with Crippen LogP contribution in [-0.4, -0.2) is 53.9 Å². The summed E-state index contributed by atoms with van der Waals surface area (Å²) in [6.45, 7) is 3.42. The van der Waals surface area contributed by atoms with Gasteiger partial charge in [0, 0.05) is 32.4 Å². The number of primary amides is 1. The molecule has 3 N–H and O–H groups in total. The number of hydrogen-bond donors (Lipinski definition) is 2. The molecule has 0 bridgehead atoms. The van der Waals surface area contributed by atoms with Crippen LogP contribution in [0.2, 0.25) is 0 Å². The van der Waals surface area contributed by atoms with Crippen molar-refractivity contribution in [3.63, 3.8) is 0 Å². The number of amides is 1. The lowest BCUT2D eigenvalue weighted by Crippen LogP contribution is -2.58. The summed E-state index contributed by atoms with van der Waals surface area (Å²) >= 11 is 0. The van der Waals surface area contributed by atoms with Crippen molar-refractivity contribution in [2.24, 2.45) is 5.73 Å². The predicted molar refractivity (Wildman–Crippen MR) is 67.6 cm³/mol. The van der Waals surface area contributed by atoms with Crippen LogP contribution in [0.5, 0.6) is 0 Å². The molecule has 1 saturated heterocycles. The molecule has 9 heteroatoms. The van der Waals surface area contributed by atoms with Gasteiger partial charge in [0.1, 0.15) is 6.04 Å². The van der Waals surface area contributed by atoms with E-state index >= 15 is 0 Å². The zero-order chi connectivity index (χ0) is 14.0. The SMILES string of the molecule is CCn1cnc(S(=O)(=O)N2CCNCC2C(N)=O)c1. The van der Waals surface area contributed by atoms with Gasteiger partial charge in [-0.15, -0.1) is 0 Å².